The molecule has 0 atom stereocenters. The van der Waals surface area contributed by atoms with Crippen molar-refractivity contribution in [2.75, 3.05) is 36.8 Å². The van der Waals surface area contributed by atoms with Crippen LogP contribution in [0.4, 0.5) is 19.0 Å². The van der Waals surface area contributed by atoms with E-state index in [1.807, 2.05) is 18.7 Å². The van der Waals surface area contributed by atoms with Gasteiger partial charge in [-0.05, 0) is 26.0 Å². The molecule has 0 N–H and O–H groups in total. The zero-order valence-electron chi connectivity index (χ0n) is 15.6. The number of halogens is 3. The van der Waals surface area contributed by atoms with Crippen molar-refractivity contribution in [2.45, 2.75) is 25.8 Å². The summed E-state index contributed by atoms with van der Waals surface area (Å²) in [7, 11) is 0. The highest BCUT2D eigenvalue weighted by molar-refractivity contribution is 7.99. The third-order valence-corrected chi connectivity index (χ3v) is 5.63. The van der Waals surface area contributed by atoms with E-state index in [9.17, 15) is 18.0 Å². The number of aryl methyl sites for hydroxylation is 2. The Balaban J connectivity index is 1.46. The largest absolute Gasteiger partial charge is 0.417 e. The predicted molar refractivity (Wildman–Crippen MR) is 100 cm³/mol. The highest BCUT2D eigenvalue weighted by atomic mass is 32.2. The predicted octanol–water partition coefficient (Wildman–Crippen LogP) is 3.29. The van der Waals surface area contributed by atoms with Crippen molar-refractivity contribution in [2.24, 2.45) is 0 Å². The van der Waals surface area contributed by atoms with Crippen molar-refractivity contribution in [1.29, 1.82) is 0 Å². The molecule has 1 aliphatic rings. The summed E-state index contributed by atoms with van der Waals surface area (Å²) < 4.78 is 43.0. The number of piperazine rings is 1. The van der Waals surface area contributed by atoms with Gasteiger partial charge in [-0.15, -0.1) is 11.8 Å². The topological polar surface area (TPSA) is 62.5 Å². The Morgan fingerprint density at radius 1 is 1.21 bits per heavy atom. The standard InChI is InChI=1S/C18H21F3N4O2S/c1-12-15(13(2)27-23-12)10-28-11-17(26)25-7-5-24(6-8-25)16-4-3-14(9-22-16)18(19,20)21/h3-4,9H,5-8,10-11H2,1-2H3. The lowest BCUT2D eigenvalue weighted by Crippen LogP contribution is -2.49. The fourth-order valence-electron chi connectivity index (χ4n) is 2.97. The molecule has 1 fully saturated rings. The van der Waals surface area contributed by atoms with Crippen LogP contribution in [-0.4, -0.2) is 52.9 Å². The smallest absolute Gasteiger partial charge is 0.361 e. The van der Waals surface area contributed by atoms with E-state index in [1.54, 1.807) is 4.90 Å². The zero-order valence-corrected chi connectivity index (χ0v) is 16.4. The van der Waals surface area contributed by atoms with E-state index in [0.717, 1.165) is 29.3 Å². The number of amides is 1. The minimum absolute atomic E-state index is 0.0526. The molecule has 0 aromatic carbocycles. The number of thioether (sulfide) groups is 1. The second-order valence-electron chi connectivity index (χ2n) is 6.57. The minimum Gasteiger partial charge on any atom is -0.361 e. The molecular weight excluding hydrogens is 393 g/mol. The summed E-state index contributed by atoms with van der Waals surface area (Å²) in [6.07, 6.45) is -3.55. The molecule has 2 aromatic heterocycles. The van der Waals surface area contributed by atoms with E-state index in [-0.39, 0.29) is 5.91 Å². The van der Waals surface area contributed by atoms with Crippen LogP contribution < -0.4 is 4.90 Å². The van der Waals surface area contributed by atoms with Gasteiger partial charge in [-0.1, -0.05) is 5.16 Å². The first-order chi connectivity index (χ1) is 13.3. The Labute approximate surface area is 165 Å². The number of carbonyl (C=O) groups excluding carboxylic acids is 1. The van der Waals surface area contributed by atoms with E-state index in [2.05, 4.69) is 10.1 Å². The summed E-state index contributed by atoms with van der Waals surface area (Å²) in [6, 6.07) is 2.41. The molecule has 3 rings (SSSR count). The molecule has 1 saturated heterocycles. The van der Waals surface area contributed by atoms with Crippen LogP contribution in [0.5, 0.6) is 0 Å². The van der Waals surface area contributed by atoms with E-state index in [0.29, 0.717) is 43.5 Å². The average molecular weight is 414 g/mol. The van der Waals surface area contributed by atoms with E-state index in [1.165, 1.54) is 17.8 Å². The first-order valence-corrected chi connectivity index (χ1v) is 9.96. The zero-order chi connectivity index (χ0) is 20.3. The van der Waals surface area contributed by atoms with Gasteiger partial charge in [0.1, 0.15) is 11.6 Å². The quantitative estimate of drug-likeness (QED) is 0.748. The number of hydrogen-bond donors (Lipinski definition) is 0. The normalized spacial score (nSPS) is 15.2. The van der Waals surface area contributed by atoms with Gasteiger partial charge in [0.05, 0.1) is 17.0 Å². The first-order valence-electron chi connectivity index (χ1n) is 8.81. The van der Waals surface area contributed by atoms with Crippen LogP contribution >= 0.6 is 11.8 Å². The third kappa shape index (κ3) is 4.78. The van der Waals surface area contributed by atoms with Crippen molar-refractivity contribution in [3.8, 4) is 0 Å². The third-order valence-electron chi connectivity index (χ3n) is 4.68. The fraction of sp³-hybridized carbons (Fsp3) is 0.500. The maximum Gasteiger partial charge on any atom is 0.417 e. The molecule has 0 saturated carbocycles. The summed E-state index contributed by atoms with van der Waals surface area (Å²) in [6.45, 7) is 5.85. The molecule has 1 aliphatic heterocycles. The molecule has 1 amide bonds. The number of nitrogens with zero attached hydrogens (tertiary/aromatic N) is 4. The Kier molecular flexibility index (Phi) is 6.17. The fourth-order valence-corrected chi connectivity index (χ4v) is 4.04. The van der Waals surface area contributed by atoms with Crippen molar-refractivity contribution in [1.82, 2.24) is 15.0 Å². The lowest BCUT2D eigenvalue weighted by atomic mass is 10.2. The van der Waals surface area contributed by atoms with Crippen molar-refractivity contribution in [3.05, 3.63) is 40.9 Å². The summed E-state index contributed by atoms with van der Waals surface area (Å²) in [5.41, 5.74) is 1.10. The highest BCUT2D eigenvalue weighted by Crippen LogP contribution is 2.29. The van der Waals surface area contributed by atoms with Gasteiger partial charge in [-0.25, -0.2) is 4.98 Å². The second kappa shape index (κ2) is 8.42. The van der Waals surface area contributed by atoms with Crippen molar-refractivity contribution in [3.63, 3.8) is 0 Å². The van der Waals surface area contributed by atoms with Crippen LogP contribution in [0.15, 0.2) is 22.9 Å². The molecule has 0 unspecified atom stereocenters. The van der Waals surface area contributed by atoms with Gasteiger partial charge in [0, 0.05) is 43.7 Å². The Bertz CT molecular complexity index is 796. The Morgan fingerprint density at radius 3 is 2.46 bits per heavy atom. The average Bonchev–Trinajstić information content (AvgIpc) is 2.99. The van der Waals surface area contributed by atoms with Crippen molar-refractivity contribution >= 4 is 23.5 Å². The van der Waals surface area contributed by atoms with Crippen LogP contribution in [0, 0.1) is 13.8 Å². The molecule has 2 aromatic rings. The molecule has 28 heavy (non-hydrogen) atoms. The first kappa shape index (κ1) is 20.5. The van der Waals surface area contributed by atoms with Gasteiger partial charge in [-0.2, -0.15) is 13.2 Å². The summed E-state index contributed by atoms with van der Waals surface area (Å²) in [5.74, 6) is 2.35. The van der Waals surface area contributed by atoms with Crippen LogP contribution in [0.2, 0.25) is 0 Å². The Morgan fingerprint density at radius 2 is 1.93 bits per heavy atom. The van der Waals surface area contributed by atoms with Crippen molar-refractivity contribution < 1.29 is 22.5 Å². The monoisotopic (exact) mass is 414 g/mol. The van der Waals surface area contributed by atoms with E-state index < -0.39 is 11.7 Å². The molecule has 0 aliphatic carbocycles. The lowest BCUT2D eigenvalue weighted by molar-refractivity contribution is -0.137. The molecular formula is C18H21F3N4O2S. The molecule has 0 spiro atoms. The van der Waals surface area contributed by atoms with Crippen LogP contribution in [0.25, 0.3) is 0 Å². The van der Waals surface area contributed by atoms with Gasteiger partial charge < -0.3 is 14.3 Å². The molecule has 10 heteroatoms. The molecule has 152 valence electrons. The van der Waals surface area contributed by atoms with Crippen LogP contribution in [-0.2, 0) is 16.7 Å². The van der Waals surface area contributed by atoms with Gasteiger partial charge in [0.25, 0.3) is 0 Å². The van der Waals surface area contributed by atoms with Gasteiger partial charge >= 0.3 is 6.18 Å². The SMILES string of the molecule is Cc1noc(C)c1CSCC(=O)N1CCN(c2ccc(C(F)(F)F)cn2)CC1. The van der Waals surface area contributed by atoms with Crippen LogP contribution in [0.1, 0.15) is 22.6 Å². The van der Waals surface area contributed by atoms with Gasteiger partial charge in [0.15, 0.2) is 0 Å². The van der Waals surface area contributed by atoms with E-state index >= 15 is 0 Å². The number of anilines is 1. The Hall–Kier alpha value is -2.23. The number of aromatic nitrogens is 2. The number of hydrogen-bond acceptors (Lipinski definition) is 6. The maximum atomic E-state index is 12.6. The number of rotatable bonds is 5. The van der Waals surface area contributed by atoms with E-state index in [4.69, 9.17) is 4.52 Å². The summed E-state index contributed by atoms with van der Waals surface area (Å²) in [4.78, 5) is 20.0. The summed E-state index contributed by atoms with van der Waals surface area (Å²) >= 11 is 1.52. The number of pyridine rings is 1. The van der Waals surface area contributed by atoms with Crippen LogP contribution in [0.3, 0.4) is 0 Å². The number of carbonyl (C=O) groups is 1. The maximum absolute atomic E-state index is 12.6. The van der Waals surface area contributed by atoms with Gasteiger partial charge in [0.2, 0.25) is 5.91 Å². The van der Waals surface area contributed by atoms with Gasteiger partial charge in [-0.3, -0.25) is 4.79 Å². The molecule has 6 nitrogen and oxygen atoms in total. The number of alkyl halides is 3. The lowest BCUT2D eigenvalue weighted by Gasteiger charge is -2.35. The molecule has 0 radical (unpaired) electrons. The highest BCUT2D eigenvalue weighted by Gasteiger charge is 2.31. The molecule has 0 bridgehead atoms. The summed E-state index contributed by atoms with van der Waals surface area (Å²) in [5, 5.41) is 3.90. The minimum atomic E-state index is -4.39. The molecule has 3 heterocycles. The second-order valence-corrected chi connectivity index (χ2v) is 7.55.